The van der Waals surface area contributed by atoms with Gasteiger partial charge in [-0.25, -0.2) is 14.6 Å². The Kier molecular flexibility index (Phi) is 14.5. The van der Waals surface area contributed by atoms with Gasteiger partial charge in [0.2, 0.25) is 5.95 Å². The molecule has 1 N–H and O–H groups in total. The summed E-state index contributed by atoms with van der Waals surface area (Å²) in [6, 6.07) is 28.1. The first-order chi connectivity index (χ1) is 28.5. The van der Waals surface area contributed by atoms with E-state index in [-0.39, 0.29) is 43.2 Å². The quantitative estimate of drug-likeness (QED) is 0.0291. The van der Waals surface area contributed by atoms with Crippen LogP contribution in [0.1, 0.15) is 63.5 Å². The smallest absolute Gasteiger partial charge is 0.280 e. The number of ether oxygens (including phenoxy) is 4. The van der Waals surface area contributed by atoms with Gasteiger partial charge in [-0.15, -0.1) is 0 Å². The van der Waals surface area contributed by atoms with E-state index in [4.69, 9.17) is 28.0 Å². The summed E-state index contributed by atoms with van der Waals surface area (Å²) >= 11 is 0. The van der Waals surface area contributed by atoms with Crippen molar-refractivity contribution in [2.45, 2.75) is 76.7 Å². The molecular formula is C43H53N8O7P. The maximum Gasteiger partial charge on any atom is 0.280 e. The van der Waals surface area contributed by atoms with E-state index in [2.05, 4.69) is 58.4 Å². The number of rotatable bonds is 19. The number of aromatic nitrogens is 4. The average molecular weight is 825 g/mol. The summed E-state index contributed by atoms with van der Waals surface area (Å²) in [5.74, 6) is 1.55. The van der Waals surface area contributed by atoms with Gasteiger partial charge in [0, 0.05) is 32.6 Å². The minimum absolute atomic E-state index is 0.0673. The molecule has 0 spiro atoms. The lowest BCUT2D eigenvalue weighted by Crippen LogP contribution is -2.39. The molecule has 0 saturated carbocycles. The van der Waals surface area contributed by atoms with Crippen molar-refractivity contribution in [1.29, 1.82) is 5.26 Å². The Morgan fingerprint density at radius 2 is 1.59 bits per heavy atom. The molecule has 2 aromatic heterocycles. The van der Waals surface area contributed by atoms with Gasteiger partial charge in [-0.2, -0.15) is 10.2 Å². The minimum atomic E-state index is -1.67. The molecule has 1 saturated heterocycles. The van der Waals surface area contributed by atoms with Crippen molar-refractivity contribution in [1.82, 2.24) is 29.1 Å². The summed E-state index contributed by atoms with van der Waals surface area (Å²) in [7, 11) is 5.26. The molecule has 5 aromatic rings. The zero-order chi connectivity index (χ0) is 42.1. The molecule has 0 bridgehead atoms. The lowest BCUT2D eigenvalue weighted by molar-refractivity contribution is -0.0912. The molecule has 1 fully saturated rings. The van der Waals surface area contributed by atoms with Gasteiger partial charge in [0.25, 0.3) is 14.1 Å². The largest absolute Gasteiger partial charge is 0.497 e. The molecule has 0 amide bonds. The number of fused-ring (bicyclic) bond motifs is 1. The van der Waals surface area contributed by atoms with Crippen LogP contribution in [0.15, 0.2) is 95.0 Å². The van der Waals surface area contributed by atoms with Crippen LogP contribution in [0.3, 0.4) is 0 Å². The van der Waals surface area contributed by atoms with Crippen molar-refractivity contribution >= 4 is 32.0 Å². The van der Waals surface area contributed by atoms with E-state index in [0.29, 0.717) is 23.6 Å². The van der Waals surface area contributed by atoms with Crippen LogP contribution in [-0.2, 0) is 24.1 Å². The molecule has 3 heterocycles. The molecule has 6 rings (SSSR count). The molecule has 0 radical (unpaired) electrons. The number of methoxy groups -OCH3 is 2. The van der Waals surface area contributed by atoms with E-state index in [1.807, 2.05) is 93.0 Å². The highest BCUT2D eigenvalue weighted by Crippen LogP contribution is 2.51. The lowest BCUT2D eigenvalue weighted by atomic mass is 9.80. The van der Waals surface area contributed by atoms with Gasteiger partial charge in [-0.3, -0.25) is 14.3 Å². The third kappa shape index (κ3) is 9.82. The number of nitrogens with one attached hydrogen (secondary N) is 1. The molecule has 1 unspecified atom stereocenters. The molecule has 0 aliphatic carbocycles. The van der Waals surface area contributed by atoms with E-state index < -0.39 is 38.1 Å². The van der Waals surface area contributed by atoms with Gasteiger partial charge in [-0.05, 0) is 68.7 Å². The average Bonchev–Trinajstić information content (AvgIpc) is 3.85. The topological polar surface area (TPSA) is 162 Å². The number of hydrogen-bond donors (Lipinski definition) is 1. The van der Waals surface area contributed by atoms with E-state index in [1.54, 1.807) is 36.4 Å². The summed E-state index contributed by atoms with van der Waals surface area (Å²) in [6.07, 6.45) is 1.79. The van der Waals surface area contributed by atoms with Crippen LogP contribution < -0.4 is 15.0 Å². The van der Waals surface area contributed by atoms with Gasteiger partial charge >= 0.3 is 0 Å². The zero-order valence-corrected chi connectivity index (χ0v) is 35.7. The second-order valence-electron chi connectivity index (χ2n) is 14.8. The number of nitrogens with zero attached hydrogens (tertiary/aromatic N) is 7. The third-order valence-electron chi connectivity index (χ3n) is 9.85. The second-order valence-corrected chi connectivity index (χ2v) is 16.2. The third-order valence-corrected chi connectivity index (χ3v) is 12.0. The number of hydrogen-bond acceptors (Lipinski definition) is 12. The van der Waals surface area contributed by atoms with Crippen molar-refractivity contribution in [3.8, 4) is 17.6 Å². The van der Waals surface area contributed by atoms with Crippen LogP contribution in [0.2, 0.25) is 0 Å². The maximum atomic E-state index is 13.2. The van der Waals surface area contributed by atoms with Crippen LogP contribution in [0, 0.1) is 11.3 Å². The van der Waals surface area contributed by atoms with E-state index in [9.17, 15) is 10.1 Å². The van der Waals surface area contributed by atoms with Crippen LogP contribution in [-0.4, -0.2) is 101 Å². The number of aliphatic imine (C=N–C) groups is 1. The lowest BCUT2D eigenvalue weighted by Gasteiger charge is -2.39. The van der Waals surface area contributed by atoms with Gasteiger partial charge in [-0.1, -0.05) is 54.6 Å². The highest BCUT2D eigenvalue weighted by Gasteiger charge is 2.45. The Morgan fingerprint density at radius 1 is 0.983 bits per heavy atom. The second kappa shape index (κ2) is 19.7. The summed E-state index contributed by atoms with van der Waals surface area (Å²) in [5, 5.41) is 9.40. The molecule has 1 aliphatic rings. The van der Waals surface area contributed by atoms with Gasteiger partial charge in [0.05, 0.1) is 58.7 Å². The molecule has 1 aliphatic heterocycles. The molecule has 15 nitrogen and oxygen atoms in total. The molecule has 4 atom stereocenters. The fraction of sp³-hybridized carbons (Fsp3) is 0.419. The summed E-state index contributed by atoms with van der Waals surface area (Å²) in [4.78, 5) is 31.0. The summed E-state index contributed by atoms with van der Waals surface area (Å²) in [5.41, 5.74) is 1.55. The first-order valence-corrected chi connectivity index (χ1v) is 20.7. The molecule has 16 heteroatoms. The van der Waals surface area contributed by atoms with Crippen LogP contribution in [0.5, 0.6) is 11.5 Å². The predicted octanol–water partition coefficient (Wildman–Crippen LogP) is 7.32. The van der Waals surface area contributed by atoms with Crippen LogP contribution >= 0.6 is 8.53 Å². The van der Waals surface area contributed by atoms with E-state index >= 15 is 0 Å². The molecule has 312 valence electrons. The fourth-order valence-corrected chi connectivity index (χ4v) is 8.94. The normalized spacial score (nSPS) is 17.6. The van der Waals surface area contributed by atoms with E-state index in [0.717, 1.165) is 16.7 Å². The van der Waals surface area contributed by atoms with Gasteiger partial charge in [0.15, 0.2) is 11.2 Å². The number of nitriles is 1. The molecular weight excluding hydrogens is 771 g/mol. The highest BCUT2D eigenvalue weighted by atomic mass is 31.2. The Morgan fingerprint density at radius 3 is 2.15 bits per heavy atom. The number of aromatic amines is 1. The Balaban J connectivity index is 1.45. The minimum Gasteiger partial charge on any atom is -0.497 e. The molecule has 3 aromatic carbocycles. The van der Waals surface area contributed by atoms with Crippen molar-refractivity contribution in [2.24, 2.45) is 4.99 Å². The van der Waals surface area contributed by atoms with E-state index in [1.165, 1.54) is 0 Å². The Bertz CT molecular complexity index is 2190. The van der Waals surface area contributed by atoms with Crippen molar-refractivity contribution < 1.29 is 28.0 Å². The standard InChI is InChI=1S/C43H53N8O7P/c1-29(2)51(30(3)4)59(56-24-12-23-44)58-36-25-38(50-28-45-39-40(50)47-42(48-41(39)52)46-27-49(5)6)57-37(36)26-55-43(31-13-10-9-11-14-31,32-15-19-34(53-7)20-16-32)33-17-21-35(54-8)22-18-33/h9-11,13-22,27-30,36-38H,12,24-26H2,1-8H3,(H,47,48,52)/b46-27+/t36-,37+,38+,59?/m0/s1. The predicted molar refractivity (Wildman–Crippen MR) is 227 cm³/mol. The number of benzene rings is 3. The Labute approximate surface area is 346 Å². The van der Waals surface area contributed by atoms with Crippen LogP contribution in [0.4, 0.5) is 5.95 Å². The molecule has 59 heavy (non-hydrogen) atoms. The maximum absolute atomic E-state index is 13.2. The van der Waals surface area contributed by atoms with Gasteiger partial charge < -0.3 is 32.9 Å². The fourth-order valence-electron chi connectivity index (χ4n) is 7.18. The van der Waals surface area contributed by atoms with Crippen molar-refractivity contribution in [2.75, 3.05) is 41.5 Å². The summed E-state index contributed by atoms with van der Waals surface area (Å²) < 4.78 is 42.7. The highest BCUT2D eigenvalue weighted by molar-refractivity contribution is 7.44. The monoisotopic (exact) mass is 824 g/mol. The first kappa shape index (κ1) is 43.4. The SMILES string of the molecule is COc1ccc(C(OC[C@H]2O[C@@H](n3cnc4c(=O)[nH]c(/N=C/N(C)C)nc43)C[C@@H]2OP(OCCC#N)N(C(C)C)C(C)C)(c2ccccc2)c2ccc(OC)cc2)cc1. The first-order valence-electron chi connectivity index (χ1n) is 19.6. The zero-order valence-electron chi connectivity index (χ0n) is 34.8. The van der Waals surface area contributed by atoms with Crippen molar-refractivity contribution in [3.63, 3.8) is 0 Å². The van der Waals surface area contributed by atoms with Gasteiger partial charge in [0.1, 0.15) is 29.4 Å². The number of imidazole rings is 1. The van der Waals surface area contributed by atoms with Crippen LogP contribution in [0.25, 0.3) is 11.2 Å². The van der Waals surface area contributed by atoms with Crippen molar-refractivity contribution in [3.05, 3.63) is 112 Å². The summed E-state index contributed by atoms with van der Waals surface area (Å²) in [6.45, 7) is 8.65. The number of H-pyrrole nitrogens is 1. The Hall–Kier alpha value is -5.20.